The highest BCUT2D eigenvalue weighted by molar-refractivity contribution is 6.33. The molecule has 1 saturated heterocycles. The fraction of sp³-hybridized carbons (Fsp3) is 0.364. The molecule has 2 heterocycles. The number of carbonyl (C=O) groups excluding carboxylic acids is 2. The average Bonchev–Trinajstić information content (AvgIpc) is 2.73. The van der Waals surface area contributed by atoms with Crippen LogP contribution in [0.4, 0.5) is 0 Å². The van der Waals surface area contributed by atoms with E-state index in [0.717, 1.165) is 37.1 Å². The van der Waals surface area contributed by atoms with Crippen LogP contribution in [0.3, 0.4) is 0 Å². The molecular weight excluding hydrogens is 374 g/mol. The Labute approximate surface area is 170 Å². The lowest BCUT2D eigenvalue weighted by molar-refractivity contribution is -0.127. The lowest BCUT2D eigenvalue weighted by Gasteiger charge is -2.37. The Kier molecular flexibility index (Phi) is 5.64. The Bertz CT molecular complexity index is 880. The minimum atomic E-state index is -0.541. The number of hydrogen-bond donors (Lipinski definition) is 2. The molecule has 0 spiro atoms. The topological polar surface area (TPSA) is 61.4 Å². The summed E-state index contributed by atoms with van der Waals surface area (Å²) in [5.41, 5.74) is 2.62. The van der Waals surface area contributed by atoms with Gasteiger partial charge in [0.1, 0.15) is 6.04 Å². The van der Waals surface area contributed by atoms with Gasteiger partial charge in [0.05, 0.1) is 10.6 Å². The van der Waals surface area contributed by atoms with Crippen molar-refractivity contribution in [3.8, 4) is 0 Å². The number of amides is 2. The molecule has 146 valence electrons. The minimum Gasteiger partial charge on any atom is -0.350 e. The molecule has 6 heteroatoms. The van der Waals surface area contributed by atoms with Crippen molar-refractivity contribution in [2.24, 2.45) is 0 Å². The molecule has 1 fully saturated rings. The summed E-state index contributed by atoms with van der Waals surface area (Å²) >= 11 is 6.27. The van der Waals surface area contributed by atoms with Crippen molar-refractivity contribution in [2.75, 3.05) is 13.1 Å². The zero-order chi connectivity index (χ0) is 19.5. The number of carbonyl (C=O) groups is 2. The summed E-state index contributed by atoms with van der Waals surface area (Å²) in [6.45, 7) is 2.16. The van der Waals surface area contributed by atoms with E-state index in [4.69, 9.17) is 11.6 Å². The maximum atomic E-state index is 13.3. The smallest absolute Gasteiger partial charge is 0.256 e. The second-order valence-electron chi connectivity index (χ2n) is 7.45. The molecule has 4 rings (SSSR count). The fourth-order valence-electron chi connectivity index (χ4n) is 4.03. The standard InChI is InChI=1S/C22H24ClN3O2/c23-19-10-4-3-9-18(19)22(28)26-14-16-7-2-1-6-15(16)12-20(26)21(27)25-17-8-5-11-24-13-17/h1-4,6-7,9-10,17,20,24H,5,8,11-14H2,(H,25,27)/t17-,20?/m0/s1. The molecule has 0 saturated carbocycles. The lowest BCUT2D eigenvalue weighted by atomic mass is 9.92. The second-order valence-corrected chi connectivity index (χ2v) is 7.86. The van der Waals surface area contributed by atoms with Gasteiger partial charge in [-0.1, -0.05) is 48.0 Å². The van der Waals surface area contributed by atoms with Gasteiger partial charge in [-0.15, -0.1) is 0 Å². The zero-order valence-electron chi connectivity index (χ0n) is 15.7. The van der Waals surface area contributed by atoms with E-state index in [9.17, 15) is 9.59 Å². The van der Waals surface area contributed by atoms with E-state index < -0.39 is 6.04 Å². The third-order valence-electron chi connectivity index (χ3n) is 5.56. The Balaban J connectivity index is 1.62. The number of nitrogens with one attached hydrogen (secondary N) is 2. The monoisotopic (exact) mass is 397 g/mol. The van der Waals surface area contributed by atoms with Crippen LogP contribution in [0.15, 0.2) is 48.5 Å². The van der Waals surface area contributed by atoms with E-state index in [1.54, 1.807) is 29.2 Å². The van der Waals surface area contributed by atoms with Gasteiger partial charge in [-0.05, 0) is 42.6 Å². The number of piperidine rings is 1. The maximum absolute atomic E-state index is 13.3. The van der Waals surface area contributed by atoms with E-state index in [1.165, 1.54) is 0 Å². The second kappa shape index (κ2) is 8.33. The Morgan fingerprint density at radius 3 is 2.57 bits per heavy atom. The van der Waals surface area contributed by atoms with Gasteiger partial charge in [0, 0.05) is 25.6 Å². The van der Waals surface area contributed by atoms with Gasteiger partial charge in [-0.25, -0.2) is 0 Å². The predicted octanol–water partition coefficient (Wildman–Crippen LogP) is 2.78. The first kappa shape index (κ1) is 19.0. The summed E-state index contributed by atoms with van der Waals surface area (Å²) < 4.78 is 0. The summed E-state index contributed by atoms with van der Waals surface area (Å²) in [5, 5.41) is 6.86. The molecule has 0 aromatic heterocycles. The van der Waals surface area contributed by atoms with Gasteiger partial charge in [0.25, 0.3) is 5.91 Å². The quantitative estimate of drug-likeness (QED) is 0.837. The summed E-state index contributed by atoms with van der Waals surface area (Å²) in [5.74, 6) is -0.300. The number of fused-ring (bicyclic) bond motifs is 1. The molecule has 1 unspecified atom stereocenters. The van der Waals surface area contributed by atoms with Crippen LogP contribution in [-0.4, -0.2) is 41.9 Å². The minimum absolute atomic E-state index is 0.0939. The number of nitrogens with zero attached hydrogens (tertiary/aromatic N) is 1. The average molecular weight is 398 g/mol. The number of halogens is 1. The van der Waals surface area contributed by atoms with Gasteiger partial charge in [-0.3, -0.25) is 9.59 Å². The molecule has 0 bridgehead atoms. The van der Waals surface area contributed by atoms with Crippen LogP contribution in [-0.2, 0) is 17.8 Å². The molecule has 2 atom stereocenters. The van der Waals surface area contributed by atoms with Gasteiger partial charge in [-0.2, -0.15) is 0 Å². The van der Waals surface area contributed by atoms with E-state index in [0.29, 0.717) is 23.6 Å². The highest BCUT2D eigenvalue weighted by Crippen LogP contribution is 2.27. The first-order chi connectivity index (χ1) is 13.6. The van der Waals surface area contributed by atoms with E-state index in [1.807, 2.05) is 24.3 Å². The molecule has 28 heavy (non-hydrogen) atoms. The number of benzene rings is 2. The molecule has 2 aromatic rings. The molecule has 5 nitrogen and oxygen atoms in total. The molecular formula is C22H24ClN3O2. The van der Waals surface area contributed by atoms with Gasteiger partial charge in [0.15, 0.2) is 0 Å². The molecule has 2 aromatic carbocycles. The molecule has 0 radical (unpaired) electrons. The summed E-state index contributed by atoms with van der Waals surface area (Å²) in [4.78, 5) is 28.1. The number of rotatable bonds is 3. The third-order valence-corrected chi connectivity index (χ3v) is 5.89. The molecule has 2 N–H and O–H groups in total. The molecule has 2 amide bonds. The fourth-order valence-corrected chi connectivity index (χ4v) is 4.25. The van der Waals surface area contributed by atoms with Crippen LogP contribution in [0.1, 0.15) is 34.3 Å². The van der Waals surface area contributed by atoms with Crippen molar-refractivity contribution in [1.82, 2.24) is 15.5 Å². The van der Waals surface area contributed by atoms with Crippen LogP contribution in [0.5, 0.6) is 0 Å². The first-order valence-electron chi connectivity index (χ1n) is 9.77. The van der Waals surface area contributed by atoms with Crippen molar-refractivity contribution in [3.63, 3.8) is 0 Å². The summed E-state index contributed by atoms with van der Waals surface area (Å²) in [6, 6.07) is 14.6. The normalized spacial score (nSPS) is 21.7. The molecule has 0 aliphatic carbocycles. The van der Waals surface area contributed by atoms with Gasteiger partial charge >= 0.3 is 0 Å². The Hall–Kier alpha value is -2.37. The van der Waals surface area contributed by atoms with Crippen LogP contribution in [0.2, 0.25) is 5.02 Å². The lowest BCUT2D eigenvalue weighted by Crippen LogP contribution is -2.56. The van der Waals surface area contributed by atoms with Crippen molar-refractivity contribution < 1.29 is 9.59 Å². The molecule has 2 aliphatic rings. The first-order valence-corrected chi connectivity index (χ1v) is 10.1. The highest BCUT2D eigenvalue weighted by Gasteiger charge is 2.36. The predicted molar refractivity (Wildman–Crippen MR) is 109 cm³/mol. The van der Waals surface area contributed by atoms with E-state index >= 15 is 0 Å². The Morgan fingerprint density at radius 2 is 1.82 bits per heavy atom. The Morgan fingerprint density at radius 1 is 1.07 bits per heavy atom. The largest absolute Gasteiger partial charge is 0.350 e. The van der Waals surface area contributed by atoms with Crippen molar-refractivity contribution in [2.45, 2.75) is 37.9 Å². The van der Waals surface area contributed by atoms with Crippen LogP contribution in [0, 0.1) is 0 Å². The van der Waals surface area contributed by atoms with Crippen molar-refractivity contribution in [1.29, 1.82) is 0 Å². The van der Waals surface area contributed by atoms with E-state index in [2.05, 4.69) is 10.6 Å². The van der Waals surface area contributed by atoms with Gasteiger partial charge < -0.3 is 15.5 Å². The van der Waals surface area contributed by atoms with Crippen molar-refractivity contribution in [3.05, 3.63) is 70.2 Å². The summed E-state index contributed by atoms with van der Waals surface area (Å²) in [7, 11) is 0. The SMILES string of the molecule is O=C(N[C@H]1CCCNC1)C1Cc2ccccc2CN1C(=O)c1ccccc1Cl. The number of hydrogen-bond acceptors (Lipinski definition) is 3. The highest BCUT2D eigenvalue weighted by atomic mass is 35.5. The van der Waals surface area contributed by atoms with Gasteiger partial charge in [0.2, 0.25) is 5.91 Å². The summed E-state index contributed by atoms with van der Waals surface area (Å²) in [6.07, 6.45) is 2.51. The maximum Gasteiger partial charge on any atom is 0.256 e. The molecule has 2 aliphatic heterocycles. The van der Waals surface area contributed by atoms with Crippen LogP contribution in [0.25, 0.3) is 0 Å². The zero-order valence-corrected chi connectivity index (χ0v) is 16.4. The van der Waals surface area contributed by atoms with Crippen molar-refractivity contribution >= 4 is 23.4 Å². The van der Waals surface area contributed by atoms with E-state index in [-0.39, 0.29) is 17.9 Å². The van der Waals surface area contributed by atoms with Crippen LogP contribution < -0.4 is 10.6 Å². The third kappa shape index (κ3) is 3.91. The van der Waals surface area contributed by atoms with Crippen LogP contribution >= 0.6 is 11.6 Å².